The summed E-state index contributed by atoms with van der Waals surface area (Å²) in [5.74, 6) is -0.617. The quantitative estimate of drug-likeness (QED) is 0.255. The summed E-state index contributed by atoms with van der Waals surface area (Å²) in [5, 5.41) is 3.60. The second-order valence-electron chi connectivity index (χ2n) is 10.4. The first-order valence-electron chi connectivity index (χ1n) is 13.5. The molecule has 10 heteroatoms. The van der Waals surface area contributed by atoms with Crippen molar-refractivity contribution in [3.8, 4) is 0 Å². The number of amides is 2. The molecule has 0 saturated heterocycles. The van der Waals surface area contributed by atoms with Gasteiger partial charge < -0.3 is 10.2 Å². The molecule has 1 atom stereocenters. The maximum Gasteiger partial charge on any atom is 0.264 e. The molecule has 0 bridgehead atoms. The van der Waals surface area contributed by atoms with Crippen molar-refractivity contribution in [2.45, 2.75) is 58.5 Å². The van der Waals surface area contributed by atoms with E-state index in [2.05, 4.69) is 5.32 Å². The molecule has 0 aliphatic heterocycles. The zero-order valence-electron chi connectivity index (χ0n) is 24.0. The maximum absolute atomic E-state index is 14.2. The topological polar surface area (TPSA) is 86.8 Å². The number of aryl methyl sites for hydroxylation is 1. The fraction of sp³-hybridized carbons (Fsp3) is 0.355. The molecular formula is C31H37Cl2N3O4S. The summed E-state index contributed by atoms with van der Waals surface area (Å²) >= 11 is 12.4. The predicted octanol–water partition coefficient (Wildman–Crippen LogP) is 6.39. The number of benzene rings is 3. The summed E-state index contributed by atoms with van der Waals surface area (Å²) in [6.07, 6.45) is 0.325. The number of carbonyl (C=O) groups excluding carboxylic acids is 2. The molecule has 0 saturated carbocycles. The number of hydrogen-bond acceptors (Lipinski definition) is 4. The van der Waals surface area contributed by atoms with Crippen LogP contribution in [0.25, 0.3) is 0 Å². The van der Waals surface area contributed by atoms with Crippen molar-refractivity contribution in [1.82, 2.24) is 10.2 Å². The molecule has 1 N–H and O–H groups in total. The van der Waals surface area contributed by atoms with Gasteiger partial charge in [-0.15, -0.1) is 0 Å². The molecule has 0 aromatic heterocycles. The first-order valence-corrected chi connectivity index (χ1v) is 15.7. The van der Waals surface area contributed by atoms with Gasteiger partial charge in [0.2, 0.25) is 11.8 Å². The Balaban J connectivity index is 2.09. The lowest BCUT2D eigenvalue weighted by molar-refractivity contribution is -0.140. The Labute approximate surface area is 253 Å². The number of nitrogens with zero attached hydrogens (tertiary/aromatic N) is 2. The fourth-order valence-electron chi connectivity index (χ4n) is 4.42. The maximum atomic E-state index is 14.2. The van der Waals surface area contributed by atoms with Crippen LogP contribution in [0.4, 0.5) is 5.69 Å². The third-order valence-electron chi connectivity index (χ3n) is 6.86. The molecule has 3 aromatic carbocycles. The van der Waals surface area contributed by atoms with Crippen LogP contribution in [-0.2, 0) is 26.2 Å². The van der Waals surface area contributed by atoms with Gasteiger partial charge in [0.15, 0.2) is 0 Å². The molecule has 3 aromatic rings. The first-order chi connectivity index (χ1) is 19.4. The summed E-state index contributed by atoms with van der Waals surface area (Å²) in [6, 6.07) is 17.5. The minimum absolute atomic E-state index is 0.0371. The van der Waals surface area contributed by atoms with Crippen LogP contribution < -0.4 is 9.62 Å². The molecule has 0 spiro atoms. The minimum Gasteiger partial charge on any atom is -0.354 e. The van der Waals surface area contributed by atoms with Crippen LogP contribution in [0, 0.1) is 19.8 Å². The van der Waals surface area contributed by atoms with E-state index < -0.39 is 28.5 Å². The van der Waals surface area contributed by atoms with Gasteiger partial charge in [-0.25, -0.2) is 8.42 Å². The van der Waals surface area contributed by atoms with Gasteiger partial charge in [0.25, 0.3) is 10.0 Å². The fourth-order valence-corrected chi connectivity index (χ4v) is 6.23. The summed E-state index contributed by atoms with van der Waals surface area (Å²) in [5.41, 5.74) is 2.67. The largest absolute Gasteiger partial charge is 0.354 e. The molecule has 7 nitrogen and oxygen atoms in total. The normalized spacial score (nSPS) is 12.2. The van der Waals surface area contributed by atoms with Crippen molar-refractivity contribution < 1.29 is 18.0 Å². The van der Waals surface area contributed by atoms with Crippen molar-refractivity contribution in [2.75, 3.05) is 17.4 Å². The highest BCUT2D eigenvalue weighted by atomic mass is 35.5. The van der Waals surface area contributed by atoms with E-state index in [0.29, 0.717) is 34.3 Å². The van der Waals surface area contributed by atoms with Crippen LogP contribution in [0.2, 0.25) is 10.0 Å². The lowest BCUT2D eigenvalue weighted by Crippen LogP contribution is -2.52. The monoisotopic (exact) mass is 617 g/mol. The third-order valence-corrected chi connectivity index (χ3v) is 9.38. The van der Waals surface area contributed by atoms with E-state index in [4.69, 9.17) is 23.2 Å². The molecule has 0 radical (unpaired) electrons. The lowest BCUT2D eigenvalue weighted by Gasteiger charge is -2.34. The molecule has 0 heterocycles. The van der Waals surface area contributed by atoms with Gasteiger partial charge in [0, 0.05) is 13.1 Å². The van der Waals surface area contributed by atoms with E-state index in [0.717, 1.165) is 15.4 Å². The van der Waals surface area contributed by atoms with Crippen molar-refractivity contribution in [2.24, 2.45) is 5.92 Å². The van der Waals surface area contributed by atoms with Crippen molar-refractivity contribution in [3.05, 3.63) is 93.5 Å². The SMILES string of the molecule is CC[C@@H](C(=O)NCC(C)C)N(Cc1ccc(Cl)c(Cl)c1)C(=O)CN(c1cccc(C)c1C)S(=O)(=O)c1ccccc1. The summed E-state index contributed by atoms with van der Waals surface area (Å²) in [6.45, 7) is 9.47. The molecule has 3 rings (SSSR count). The lowest BCUT2D eigenvalue weighted by atomic mass is 10.1. The first kappa shape index (κ1) is 32.4. The van der Waals surface area contributed by atoms with E-state index >= 15 is 0 Å². The number of halogens is 2. The molecule has 0 unspecified atom stereocenters. The summed E-state index contributed by atoms with van der Waals surface area (Å²) in [7, 11) is -4.13. The number of carbonyl (C=O) groups is 2. The van der Waals surface area contributed by atoms with E-state index in [1.807, 2.05) is 40.7 Å². The van der Waals surface area contributed by atoms with Crippen LogP contribution >= 0.6 is 23.2 Å². The number of rotatable bonds is 12. The zero-order chi connectivity index (χ0) is 30.3. The Morgan fingerprint density at radius 3 is 2.22 bits per heavy atom. The molecule has 41 heavy (non-hydrogen) atoms. The Morgan fingerprint density at radius 2 is 1.61 bits per heavy atom. The standard InChI is InChI=1S/C31H37Cl2N3O4S/c1-6-28(31(38)34-18-21(2)3)35(19-24-15-16-26(32)27(33)17-24)30(37)20-36(29-14-10-11-22(4)23(29)5)41(39,40)25-12-8-7-9-13-25/h7-17,21,28H,6,18-20H2,1-5H3,(H,34,38)/t28-/m0/s1. The highest BCUT2D eigenvalue weighted by Gasteiger charge is 2.34. The molecule has 220 valence electrons. The second kappa shape index (κ2) is 14.2. The average molecular weight is 619 g/mol. The van der Waals surface area contributed by atoms with Gasteiger partial charge >= 0.3 is 0 Å². The van der Waals surface area contributed by atoms with Crippen LogP contribution in [0.15, 0.2) is 71.6 Å². The van der Waals surface area contributed by atoms with Gasteiger partial charge in [-0.1, -0.05) is 80.4 Å². The molecule has 2 amide bonds. The van der Waals surface area contributed by atoms with Gasteiger partial charge in [-0.3, -0.25) is 13.9 Å². The van der Waals surface area contributed by atoms with Gasteiger partial charge in [0.05, 0.1) is 20.6 Å². The highest BCUT2D eigenvalue weighted by Crippen LogP contribution is 2.30. The highest BCUT2D eigenvalue weighted by molar-refractivity contribution is 7.92. The molecule has 0 fully saturated rings. The Kier molecular flexibility index (Phi) is 11.2. The molecule has 0 aliphatic carbocycles. The Bertz CT molecular complexity index is 1480. The number of sulfonamides is 1. The van der Waals surface area contributed by atoms with E-state index in [1.54, 1.807) is 48.5 Å². The zero-order valence-corrected chi connectivity index (χ0v) is 26.4. The second-order valence-corrected chi connectivity index (χ2v) is 13.1. The third kappa shape index (κ3) is 8.03. The number of nitrogens with one attached hydrogen (secondary N) is 1. The average Bonchev–Trinajstić information content (AvgIpc) is 2.94. The van der Waals surface area contributed by atoms with E-state index in [-0.39, 0.29) is 23.3 Å². The van der Waals surface area contributed by atoms with Gasteiger partial charge in [-0.2, -0.15) is 0 Å². The van der Waals surface area contributed by atoms with Crippen LogP contribution in [0.3, 0.4) is 0 Å². The summed E-state index contributed by atoms with van der Waals surface area (Å²) < 4.78 is 29.1. The van der Waals surface area contributed by atoms with Gasteiger partial charge in [0.1, 0.15) is 12.6 Å². The smallest absolute Gasteiger partial charge is 0.264 e. The van der Waals surface area contributed by atoms with Crippen LogP contribution in [0.5, 0.6) is 0 Å². The van der Waals surface area contributed by atoms with Crippen LogP contribution in [-0.4, -0.2) is 44.3 Å². The predicted molar refractivity (Wildman–Crippen MR) is 166 cm³/mol. The number of anilines is 1. The van der Waals surface area contributed by atoms with Crippen LogP contribution in [0.1, 0.15) is 43.9 Å². The van der Waals surface area contributed by atoms with E-state index in [9.17, 15) is 18.0 Å². The number of hydrogen-bond donors (Lipinski definition) is 1. The van der Waals surface area contributed by atoms with Crippen molar-refractivity contribution in [1.29, 1.82) is 0 Å². The van der Waals surface area contributed by atoms with Gasteiger partial charge in [-0.05, 0) is 73.2 Å². The molecular weight excluding hydrogens is 581 g/mol. The molecule has 0 aliphatic rings. The Morgan fingerprint density at radius 1 is 0.927 bits per heavy atom. The Hall–Kier alpha value is -3.07. The van der Waals surface area contributed by atoms with E-state index in [1.165, 1.54) is 17.0 Å². The van der Waals surface area contributed by atoms with Crippen molar-refractivity contribution in [3.63, 3.8) is 0 Å². The van der Waals surface area contributed by atoms with Crippen molar-refractivity contribution >= 4 is 50.7 Å². The summed E-state index contributed by atoms with van der Waals surface area (Å²) in [4.78, 5) is 29.0. The minimum atomic E-state index is -4.13.